The largest absolute Gasteiger partial charge is 0.462 e. The Morgan fingerprint density at radius 2 is 1.59 bits per heavy atom. The first-order valence-electron chi connectivity index (χ1n) is 8.04. The Kier molecular flexibility index (Phi) is 6.87. The van der Waals surface area contributed by atoms with Gasteiger partial charge in [0.2, 0.25) is 5.88 Å². The van der Waals surface area contributed by atoms with Crippen molar-refractivity contribution in [3.8, 4) is 0 Å². The third kappa shape index (κ3) is 4.61. The van der Waals surface area contributed by atoms with E-state index in [4.69, 9.17) is 37.1 Å². The molecule has 27 heavy (non-hydrogen) atoms. The molecule has 1 aromatic heterocycles. The molecule has 2 rings (SSSR count). The number of carbonyl (C=O) groups excluding carboxylic acids is 3. The van der Waals surface area contributed by atoms with Crippen LogP contribution in [0.5, 0.6) is 0 Å². The zero-order valence-corrected chi connectivity index (χ0v) is 16.4. The predicted octanol–water partition coefficient (Wildman–Crippen LogP) is 4.50. The number of ether oxygens (including phenoxy) is 2. The summed E-state index contributed by atoms with van der Waals surface area (Å²) in [6.45, 7) is 4.90. The summed E-state index contributed by atoms with van der Waals surface area (Å²) in [5.41, 5.74) is -0.119. The molecule has 0 aliphatic rings. The monoisotopic (exact) mass is 413 g/mol. The van der Waals surface area contributed by atoms with Gasteiger partial charge in [-0.15, -0.1) is 0 Å². The molecule has 1 heterocycles. The molecule has 1 amide bonds. The van der Waals surface area contributed by atoms with E-state index in [0.29, 0.717) is 5.02 Å². The van der Waals surface area contributed by atoms with Gasteiger partial charge in [0, 0.05) is 5.56 Å². The summed E-state index contributed by atoms with van der Waals surface area (Å²) in [5.74, 6) is -2.28. The van der Waals surface area contributed by atoms with Crippen molar-refractivity contribution < 1.29 is 28.3 Å². The van der Waals surface area contributed by atoms with E-state index in [-0.39, 0.29) is 46.6 Å². The molecular weight excluding hydrogens is 397 g/mol. The number of aryl methyl sites for hydroxylation is 1. The summed E-state index contributed by atoms with van der Waals surface area (Å²) < 4.78 is 15.4. The number of hydrogen-bond acceptors (Lipinski definition) is 6. The zero-order valence-electron chi connectivity index (χ0n) is 14.9. The van der Waals surface area contributed by atoms with Crippen molar-refractivity contribution in [2.75, 3.05) is 18.5 Å². The van der Waals surface area contributed by atoms with Gasteiger partial charge in [0.15, 0.2) is 0 Å². The van der Waals surface area contributed by atoms with Crippen LogP contribution in [0.4, 0.5) is 5.88 Å². The number of nitrogens with one attached hydrogen (secondary N) is 1. The summed E-state index contributed by atoms with van der Waals surface area (Å²) in [6.07, 6.45) is 0. The fraction of sp³-hybridized carbons (Fsp3) is 0.278. The summed E-state index contributed by atoms with van der Waals surface area (Å²) in [6, 6.07) is 4.28. The Labute approximate surface area is 165 Å². The number of rotatable bonds is 6. The minimum atomic E-state index is -0.818. The van der Waals surface area contributed by atoms with Crippen LogP contribution in [0.3, 0.4) is 0 Å². The molecule has 0 saturated heterocycles. The highest BCUT2D eigenvalue weighted by molar-refractivity contribution is 6.42. The average Bonchev–Trinajstić information content (AvgIpc) is 2.93. The van der Waals surface area contributed by atoms with Crippen molar-refractivity contribution >= 4 is 46.9 Å². The van der Waals surface area contributed by atoms with Gasteiger partial charge in [0.1, 0.15) is 16.9 Å². The summed E-state index contributed by atoms with van der Waals surface area (Å²) in [4.78, 5) is 37.0. The molecule has 1 N–H and O–H groups in total. The van der Waals surface area contributed by atoms with Gasteiger partial charge in [-0.25, -0.2) is 9.59 Å². The maximum absolute atomic E-state index is 12.5. The van der Waals surface area contributed by atoms with E-state index in [0.717, 1.165) is 0 Å². The molecule has 0 atom stereocenters. The van der Waals surface area contributed by atoms with Crippen molar-refractivity contribution in [2.45, 2.75) is 20.8 Å². The zero-order chi connectivity index (χ0) is 20.1. The minimum Gasteiger partial charge on any atom is -0.462 e. The van der Waals surface area contributed by atoms with E-state index in [9.17, 15) is 14.4 Å². The van der Waals surface area contributed by atoms with Crippen molar-refractivity contribution in [2.24, 2.45) is 0 Å². The molecule has 1 aromatic carbocycles. The molecule has 144 valence electrons. The van der Waals surface area contributed by atoms with Crippen LogP contribution in [0.2, 0.25) is 10.0 Å². The van der Waals surface area contributed by atoms with Crippen LogP contribution in [-0.2, 0) is 9.47 Å². The molecule has 7 nitrogen and oxygen atoms in total. The van der Waals surface area contributed by atoms with Gasteiger partial charge in [0.25, 0.3) is 5.91 Å². The SMILES string of the molecule is CCOC(=O)c1c(C)oc(NC(=O)c2ccc(Cl)c(Cl)c2)c1C(=O)OCC. The van der Waals surface area contributed by atoms with Crippen molar-refractivity contribution in [3.63, 3.8) is 0 Å². The number of hydrogen-bond donors (Lipinski definition) is 1. The molecule has 2 aromatic rings. The average molecular weight is 414 g/mol. The highest BCUT2D eigenvalue weighted by Gasteiger charge is 2.31. The smallest absolute Gasteiger partial charge is 0.344 e. The number of amides is 1. The summed E-state index contributed by atoms with van der Waals surface area (Å²) >= 11 is 11.8. The first kappa shape index (κ1) is 20.8. The van der Waals surface area contributed by atoms with Gasteiger partial charge in [-0.3, -0.25) is 10.1 Å². The molecule has 0 aliphatic carbocycles. The summed E-state index contributed by atoms with van der Waals surface area (Å²) in [5, 5.41) is 2.94. The number of furan rings is 1. The van der Waals surface area contributed by atoms with E-state index in [1.807, 2.05) is 0 Å². The van der Waals surface area contributed by atoms with Crippen LogP contribution < -0.4 is 5.32 Å². The third-order valence-corrected chi connectivity index (χ3v) is 4.19. The Morgan fingerprint density at radius 3 is 2.15 bits per heavy atom. The highest BCUT2D eigenvalue weighted by atomic mass is 35.5. The molecule has 0 bridgehead atoms. The molecule has 0 fully saturated rings. The van der Waals surface area contributed by atoms with Crippen LogP contribution in [-0.4, -0.2) is 31.1 Å². The quantitative estimate of drug-likeness (QED) is 0.700. The minimum absolute atomic E-state index is 0.0749. The fourth-order valence-electron chi connectivity index (χ4n) is 2.29. The standard InChI is InChI=1S/C18H17Cl2NO6/c1-4-25-17(23)13-9(3)27-16(14(13)18(24)26-5-2)21-15(22)10-6-7-11(19)12(20)8-10/h6-8H,4-5H2,1-3H3,(H,21,22). The van der Waals surface area contributed by atoms with E-state index < -0.39 is 17.8 Å². The lowest BCUT2D eigenvalue weighted by molar-refractivity contribution is 0.0480. The van der Waals surface area contributed by atoms with E-state index in [1.54, 1.807) is 13.8 Å². The molecular formula is C18H17Cl2NO6. The van der Waals surface area contributed by atoms with Crippen LogP contribution in [0, 0.1) is 6.92 Å². The maximum atomic E-state index is 12.5. The Bertz CT molecular complexity index is 890. The Balaban J connectivity index is 2.44. The third-order valence-electron chi connectivity index (χ3n) is 3.45. The number of carbonyl (C=O) groups is 3. The molecule has 0 saturated carbocycles. The second-order valence-corrected chi connectivity index (χ2v) is 6.08. The second kappa shape index (κ2) is 8.92. The van der Waals surface area contributed by atoms with Gasteiger partial charge in [-0.1, -0.05) is 23.2 Å². The lowest BCUT2D eigenvalue weighted by atomic mass is 10.1. The number of halogens is 2. The normalized spacial score (nSPS) is 10.4. The van der Waals surface area contributed by atoms with Gasteiger partial charge in [-0.2, -0.15) is 0 Å². The van der Waals surface area contributed by atoms with Crippen LogP contribution in [0.1, 0.15) is 50.7 Å². The molecule has 0 spiro atoms. The molecule has 9 heteroatoms. The van der Waals surface area contributed by atoms with Crippen LogP contribution >= 0.6 is 23.2 Å². The maximum Gasteiger partial charge on any atom is 0.344 e. The fourth-order valence-corrected chi connectivity index (χ4v) is 2.59. The van der Waals surface area contributed by atoms with Gasteiger partial charge in [-0.05, 0) is 39.0 Å². The summed E-state index contributed by atoms with van der Waals surface area (Å²) in [7, 11) is 0. The van der Waals surface area contributed by atoms with Gasteiger partial charge < -0.3 is 13.9 Å². The number of esters is 2. The van der Waals surface area contributed by atoms with E-state index in [1.165, 1.54) is 25.1 Å². The lowest BCUT2D eigenvalue weighted by Crippen LogP contribution is -2.17. The van der Waals surface area contributed by atoms with Gasteiger partial charge >= 0.3 is 11.9 Å². The Morgan fingerprint density at radius 1 is 1.00 bits per heavy atom. The highest BCUT2D eigenvalue weighted by Crippen LogP contribution is 2.30. The van der Waals surface area contributed by atoms with Crippen molar-refractivity contribution in [1.29, 1.82) is 0 Å². The van der Waals surface area contributed by atoms with Crippen LogP contribution in [0.15, 0.2) is 22.6 Å². The molecule has 0 radical (unpaired) electrons. The predicted molar refractivity (Wildman–Crippen MR) is 99.8 cm³/mol. The topological polar surface area (TPSA) is 94.8 Å². The Hall–Kier alpha value is -2.51. The lowest BCUT2D eigenvalue weighted by Gasteiger charge is -2.07. The number of anilines is 1. The second-order valence-electron chi connectivity index (χ2n) is 5.26. The first-order valence-corrected chi connectivity index (χ1v) is 8.79. The van der Waals surface area contributed by atoms with Crippen molar-refractivity contribution in [3.05, 3.63) is 50.7 Å². The van der Waals surface area contributed by atoms with Gasteiger partial charge in [0.05, 0.1) is 23.3 Å². The number of benzene rings is 1. The van der Waals surface area contributed by atoms with E-state index >= 15 is 0 Å². The van der Waals surface area contributed by atoms with Crippen molar-refractivity contribution in [1.82, 2.24) is 0 Å². The first-order chi connectivity index (χ1) is 12.8. The molecule has 0 aliphatic heterocycles. The van der Waals surface area contributed by atoms with E-state index in [2.05, 4.69) is 5.32 Å². The van der Waals surface area contributed by atoms with Crippen LogP contribution in [0.25, 0.3) is 0 Å². The molecule has 0 unspecified atom stereocenters.